The molecule has 114 valence electrons. The van der Waals surface area contributed by atoms with Crippen molar-refractivity contribution in [1.29, 1.82) is 0 Å². The summed E-state index contributed by atoms with van der Waals surface area (Å²) in [6.45, 7) is -0.214. The number of hydrogen-bond acceptors (Lipinski definition) is 6. The van der Waals surface area contributed by atoms with Crippen LogP contribution in [0, 0.1) is 0 Å². The monoisotopic (exact) mass is 324 g/mol. The Morgan fingerprint density at radius 1 is 1.50 bits per heavy atom. The van der Waals surface area contributed by atoms with Gasteiger partial charge in [0, 0.05) is 6.26 Å². The number of carbonyl (C=O) groups excluding carboxylic acids is 2. The number of thioether (sulfide) groups is 1. The Morgan fingerprint density at radius 3 is 2.60 bits per heavy atom. The summed E-state index contributed by atoms with van der Waals surface area (Å²) < 4.78 is 22.0. The van der Waals surface area contributed by atoms with E-state index in [-0.39, 0.29) is 24.6 Å². The SMILES string of the molecule is CS(=O)(=O)CCC(NC(=O)CN1CSCC1=O)C(=O)O. The van der Waals surface area contributed by atoms with Crippen LogP contribution in [0.3, 0.4) is 0 Å². The first-order chi connectivity index (χ1) is 9.19. The number of sulfone groups is 1. The van der Waals surface area contributed by atoms with E-state index in [1.165, 1.54) is 16.7 Å². The number of carbonyl (C=O) groups is 3. The summed E-state index contributed by atoms with van der Waals surface area (Å²) in [4.78, 5) is 35.2. The molecule has 8 nitrogen and oxygen atoms in total. The molecule has 0 radical (unpaired) electrons. The molecule has 0 aliphatic carbocycles. The molecule has 1 atom stereocenters. The van der Waals surface area contributed by atoms with Crippen LogP contribution in [0.5, 0.6) is 0 Å². The van der Waals surface area contributed by atoms with Crippen LogP contribution < -0.4 is 5.32 Å². The summed E-state index contributed by atoms with van der Waals surface area (Å²) in [7, 11) is -3.30. The van der Waals surface area contributed by atoms with Gasteiger partial charge in [-0.05, 0) is 6.42 Å². The van der Waals surface area contributed by atoms with Crippen LogP contribution in [0.2, 0.25) is 0 Å². The molecule has 1 aliphatic rings. The lowest BCUT2D eigenvalue weighted by atomic mass is 10.2. The van der Waals surface area contributed by atoms with Crippen LogP contribution in [-0.4, -0.2) is 72.4 Å². The second-order valence-corrected chi connectivity index (χ2v) is 7.66. The second kappa shape index (κ2) is 6.93. The predicted molar refractivity (Wildman–Crippen MR) is 72.9 cm³/mol. The molecule has 1 fully saturated rings. The number of hydrogen-bond donors (Lipinski definition) is 2. The van der Waals surface area contributed by atoms with Crippen molar-refractivity contribution < 1.29 is 27.9 Å². The van der Waals surface area contributed by atoms with Gasteiger partial charge >= 0.3 is 5.97 Å². The number of aliphatic carboxylic acids is 1. The van der Waals surface area contributed by atoms with E-state index in [9.17, 15) is 22.8 Å². The zero-order valence-corrected chi connectivity index (χ0v) is 12.5. The number of carboxylic acids is 1. The summed E-state index contributed by atoms with van der Waals surface area (Å²) in [6, 6.07) is -1.28. The topological polar surface area (TPSA) is 121 Å². The maximum absolute atomic E-state index is 11.7. The Morgan fingerprint density at radius 2 is 2.15 bits per heavy atom. The Hall–Kier alpha value is -1.29. The van der Waals surface area contributed by atoms with Crippen molar-refractivity contribution >= 4 is 39.4 Å². The van der Waals surface area contributed by atoms with Crippen molar-refractivity contribution in [2.75, 3.05) is 30.2 Å². The first-order valence-electron chi connectivity index (χ1n) is 5.74. The van der Waals surface area contributed by atoms with Gasteiger partial charge in [0.25, 0.3) is 0 Å². The van der Waals surface area contributed by atoms with Crippen LogP contribution in [0.25, 0.3) is 0 Å². The molecular weight excluding hydrogens is 308 g/mol. The van der Waals surface area contributed by atoms with Gasteiger partial charge in [-0.3, -0.25) is 9.59 Å². The highest BCUT2D eigenvalue weighted by Gasteiger charge is 2.26. The van der Waals surface area contributed by atoms with E-state index < -0.39 is 27.8 Å². The molecule has 1 aliphatic heterocycles. The smallest absolute Gasteiger partial charge is 0.326 e. The van der Waals surface area contributed by atoms with Crippen LogP contribution in [-0.2, 0) is 24.2 Å². The lowest BCUT2D eigenvalue weighted by molar-refractivity contribution is -0.142. The Balaban J connectivity index is 2.50. The molecule has 1 unspecified atom stereocenters. The molecule has 0 saturated carbocycles. The fraction of sp³-hybridized carbons (Fsp3) is 0.700. The highest BCUT2D eigenvalue weighted by Crippen LogP contribution is 2.14. The minimum atomic E-state index is -3.30. The number of carboxylic acid groups (broad SMARTS) is 1. The molecule has 1 saturated heterocycles. The standard InChI is InChI=1S/C10H16N2O6S2/c1-20(17,18)3-2-7(10(15)16)11-8(13)4-12-6-19-5-9(12)14/h7H,2-6H2,1H3,(H,11,13)(H,15,16). The van der Waals surface area contributed by atoms with E-state index in [1.807, 2.05) is 0 Å². The minimum absolute atomic E-state index is 0.173. The fourth-order valence-corrected chi connectivity index (χ4v) is 3.11. The van der Waals surface area contributed by atoms with Crippen LogP contribution in [0.4, 0.5) is 0 Å². The minimum Gasteiger partial charge on any atom is -0.480 e. The van der Waals surface area contributed by atoms with Gasteiger partial charge in [-0.25, -0.2) is 13.2 Å². The van der Waals surface area contributed by atoms with Crippen molar-refractivity contribution in [3.05, 3.63) is 0 Å². The lowest BCUT2D eigenvalue weighted by Crippen LogP contribution is -2.46. The highest BCUT2D eigenvalue weighted by molar-refractivity contribution is 8.00. The molecule has 0 aromatic rings. The molecule has 0 aromatic heterocycles. The highest BCUT2D eigenvalue weighted by atomic mass is 32.2. The van der Waals surface area contributed by atoms with Crippen molar-refractivity contribution in [3.8, 4) is 0 Å². The van der Waals surface area contributed by atoms with Gasteiger partial charge in [-0.2, -0.15) is 0 Å². The Kier molecular flexibility index (Phi) is 5.81. The van der Waals surface area contributed by atoms with Gasteiger partial charge in [-0.1, -0.05) is 0 Å². The summed E-state index contributed by atoms with van der Waals surface area (Å²) >= 11 is 1.37. The number of rotatable bonds is 7. The maximum atomic E-state index is 11.7. The number of nitrogens with one attached hydrogen (secondary N) is 1. The van der Waals surface area contributed by atoms with Crippen LogP contribution in [0.15, 0.2) is 0 Å². The van der Waals surface area contributed by atoms with E-state index in [0.717, 1.165) is 6.26 Å². The Bertz CT molecular complexity index is 504. The average molecular weight is 324 g/mol. The average Bonchev–Trinajstić information content (AvgIpc) is 2.68. The van der Waals surface area contributed by atoms with Gasteiger partial charge in [0.2, 0.25) is 11.8 Å². The zero-order chi connectivity index (χ0) is 15.3. The number of nitrogens with zero attached hydrogens (tertiary/aromatic N) is 1. The molecule has 10 heteroatoms. The van der Waals surface area contributed by atoms with Crippen molar-refractivity contribution in [1.82, 2.24) is 10.2 Å². The normalized spacial score (nSPS) is 17.1. The quantitative estimate of drug-likeness (QED) is 0.586. The third-order valence-electron chi connectivity index (χ3n) is 2.57. The Labute approximate surface area is 120 Å². The van der Waals surface area contributed by atoms with Gasteiger partial charge in [-0.15, -0.1) is 11.8 Å². The molecular formula is C10H16N2O6S2. The maximum Gasteiger partial charge on any atom is 0.326 e. The molecule has 20 heavy (non-hydrogen) atoms. The van der Waals surface area contributed by atoms with Gasteiger partial charge < -0.3 is 15.3 Å². The summed E-state index contributed by atoms with van der Waals surface area (Å²) in [5.74, 6) is -1.71. The molecule has 1 rings (SSSR count). The molecule has 0 aromatic carbocycles. The second-order valence-electron chi connectivity index (χ2n) is 4.45. The zero-order valence-electron chi connectivity index (χ0n) is 10.9. The predicted octanol–water partition coefficient (Wildman–Crippen LogP) is -1.48. The molecule has 1 heterocycles. The number of amides is 2. The molecule has 2 N–H and O–H groups in total. The summed E-state index contributed by atoms with van der Waals surface area (Å²) in [5.41, 5.74) is 0. The summed E-state index contributed by atoms with van der Waals surface area (Å²) in [6.07, 6.45) is 0.788. The van der Waals surface area contributed by atoms with Gasteiger partial charge in [0.05, 0.1) is 17.4 Å². The third kappa shape index (κ3) is 5.78. The van der Waals surface area contributed by atoms with Crippen LogP contribution >= 0.6 is 11.8 Å². The van der Waals surface area contributed by atoms with E-state index in [4.69, 9.17) is 5.11 Å². The fourth-order valence-electron chi connectivity index (χ4n) is 1.54. The van der Waals surface area contributed by atoms with Crippen molar-refractivity contribution in [3.63, 3.8) is 0 Å². The molecule has 0 spiro atoms. The van der Waals surface area contributed by atoms with E-state index >= 15 is 0 Å². The molecule has 2 amide bonds. The van der Waals surface area contributed by atoms with Crippen LogP contribution in [0.1, 0.15) is 6.42 Å². The first kappa shape index (κ1) is 16.8. The van der Waals surface area contributed by atoms with Gasteiger partial charge in [0.1, 0.15) is 22.4 Å². The first-order valence-corrected chi connectivity index (χ1v) is 8.96. The lowest BCUT2D eigenvalue weighted by Gasteiger charge is -2.17. The van der Waals surface area contributed by atoms with E-state index in [0.29, 0.717) is 11.6 Å². The van der Waals surface area contributed by atoms with Gasteiger partial charge in [0.15, 0.2) is 0 Å². The van der Waals surface area contributed by atoms with Crippen molar-refractivity contribution in [2.45, 2.75) is 12.5 Å². The van der Waals surface area contributed by atoms with E-state index in [2.05, 4.69) is 5.32 Å². The molecule has 0 bridgehead atoms. The van der Waals surface area contributed by atoms with E-state index in [1.54, 1.807) is 0 Å². The largest absolute Gasteiger partial charge is 0.480 e. The summed E-state index contributed by atoms with van der Waals surface area (Å²) in [5, 5.41) is 11.2. The third-order valence-corrected chi connectivity index (χ3v) is 4.49. The van der Waals surface area contributed by atoms with Crippen molar-refractivity contribution in [2.24, 2.45) is 0 Å².